The molecule has 0 saturated heterocycles. The summed E-state index contributed by atoms with van der Waals surface area (Å²) in [5.74, 6) is 1.07. The monoisotopic (exact) mass is 391 g/mol. The Morgan fingerprint density at radius 3 is 2.59 bits per heavy atom. The van der Waals surface area contributed by atoms with E-state index in [1.165, 1.54) is 0 Å². The number of aliphatic hydroxyl groups is 1. The summed E-state index contributed by atoms with van der Waals surface area (Å²) in [6.07, 6.45) is 7.31. The second kappa shape index (κ2) is 9.73. The average Bonchev–Trinajstić information content (AvgIpc) is 3.05. The fraction of sp³-hybridized carbons (Fsp3) is 0.250. The third-order valence-corrected chi connectivity index (χ3v) is 4.99. The molecule has 29 heavy (non-hydrogen) atoms. The second-order valence-corrected chi connectivity index (χ2v) is 6.87. The van der Waals surface area contributed by atoms with E-state index in [0.717, 1.165) is 23.0 Å². The van der Waals surface area contributed by atoms with Gasteiger partial charge >= 0.3 is 0 Å². The third-order valence-electron chi connectivity index (χ3n) is 4.99. The minimum Gasteiger partial charge on any atom is -0.516 e. The Hall–Kier alpha value is -3.34. The molecular weight excluding hydrogens is 366 g/mol. The molecule has 2 aromatic carbocycles. The lowest BCUT2D eigenvalue weighted by molar-refractivity contribution is 0.0936. The minimum absolute atomic E-state index is 0.0828. The molecule has 150 valence electrons. The molecule has 0 saturated carbocycles. The van der Waals surface area contributed by atoms with Gasteiger partial charge in [0.2, 0.25) is 0 Å². The lowest BCUT2D eigenvalue weighted by Crippen LogP contribution is -2.09. The molecule has 0 spiro atoms. The van der Waals surface area contributed by atoms with Crippen LogP contribution in [-0.2, 0) is 13.0 Å². The Balaban J connectivity index is 1.71. The summed E-state index contributed by atoms with van der Waals surface area (Å²) in [6.45, 7) is 0.584. The number of fused-ring (bicyclic) bond motifs is 1. The highest BCUT2D eigenvalue weighted by molar-refractivity contribution is 6.03. The Bertz CT molecular complexity index is 945. The Morgan fingerprint density at radius 2 is 1.90 bits per heavy atom. The summed E-state index contributed by atoms with van der Waals surface area (Å²) in [5.41, 5.74) is 3.61. The van der Waals surface area contributed by atoms with Gasteiger partial charge < -0.3 is 14.6 Å². The molecule has 2 aromatic rings. The molecule has 1 unspecified atom stereocenters. The van der Waals surface area contributed by atoms with Crippen LogP contribution in [0, 0.1) is 5.92 Å². The molecular formula is C24H25NO4. The van der Waals surface area contributed by atoms with Crippen LogP contribution < -0.4 is 9.47 Å². The van der Waals surface area contributed by atoms with Crippen molar-refractivity contribution in [1.82, 2.24) is 0 Å². The number of carbonyl (C=O) groups is 1. The summed E-state index contributed by atoms with van der Waals surface area (Å²) in [6, 6.07) is 13.6. The van der Waals surface area contributed by atoms with E-state index in [-0.39, 0.29) is 11.7 Å². The number of allylic oxidation sites excluding steroid dienone is 3. The van der Waals surface area contributed by atoms with Gasteiger partial charge in [0.15, 0.2) is 17.3 Å². The number of rotatable bonds is 8. The molecule has 1 atom stereocenters. The standard InChI is InChI=1S/C24H25NO4/c1-28-22-14-19-13-20(24(27)21(19)15-23(22)29-2)12-17(9-11-26)8-10-25-16-18-6-4-3-5-7-18/h3-11,14-15,20,26H,12-13,16H2,1-2H3/b11-9-,17-8+,25-10+. The van der Waals surface area contributed by atoms with Crippen molar-refractivity contribution in [2.75, 3.05) is 14.2 Å². The summed E-state index contributed by atoms with van der Waals surface area (Å²) >= 11 is 0. The molecule has 0 heterocycles. The van der Waals surface area contributed by atoms with Crippen molar-refractivity contribution in [3.05, 3.63) is 83.1 Å². The van der Waals surface area contributed by atoms with Crippen molar-refractivity contribution in [3.8, 4) is 11.5 Å². The third kappa shape index (κ3) is 4.93. The van der Waals surface area contributed by atoms with E-state index in [1.807, 2.05) is 42.5 Å². The van der Waals surface area contributed by atoms with Gasteiger partial charge in [-0.3, -0.25) is 9.79 Å². The van der Waals surface area contributed by atoms with Crippen LogP contribution in [0.15, 0.2) is 71.4 Å². The number of benzene rings is 2. The molecule has 1 aliphatic carbocycles. The minimum atomic E-state index is -0.188. The van der Waals surface area contributed by atoms with Crippen LogP contribution in [0.4, 0.5) is 0 Å². The Morgan fingerprint density at radius 1 is 1.17 bits per heavy atom. The molecule has 0 fully saturated rings. The van der Waals surface area contributed by atoms with Crippen LogP contribution in [0.25, 0.3) is 0 Å². The fourth-order valence-electron chi connectivity index (χ4n) is 3.52. The van der Waals surface area contributed by atoms with Crippen molar-refractivity contribution in [2.24, 2.45) is 10.9 Å². The zero-order valence-electron chi connectivity index (χ0n) is 16.7. The zero-order chi connectivity index (χ0) is 20.6. The number of carbonyl (C=O) groups excluding carboxylic acids is 1. The van der Waals surface area contributed by atoms with Crippen molar-refractivity contribution in [3.63, 3.8) is 0 Å². The van der Waals surface area contributed by atoms with Gasteiger partial charge in [-0.15, -0.1) is 0 Å². The number of hydrogen-bond donors (Lipinski definition) is 1. The quantitative estimate of drug-likeness (QED) is 0.402. The van der Waals surface area contributed by atoms with E-state index < -0.39 is 0 Å². The molecule has 0 aromatic heterocycles. The first-order chi connectivity index (χ1) is 14.2. The van der Waals surface area contributed by atoms with Crippen LogP contribution in [0.5, 0.6) is 11.5 Å². The van der Waals surface area contributed by atoms with Gasteiger partial charge in [0, 0.05) is 17.7 Å². The van der Waals surface area contributed by atoms with Crippen LogP contribution in [0.1, 0.15) is 27.9 Å². The second-order valence-electron chi connectivity index (χ2n) is 6.87. The molecule has 5 heteroatoms. The first kappa shape index (κ1) is 20.4. The highest BCUT2D eigenvalue weighted by Crippen LogP contribution is 2.38. The number of methoxy groups -OCH3 is 2. The van der Waals surface area contributed by atoms with Crippen molar-refractivity contribution in [2.45, 2.75) is 19.4 Å². The number of aliphatic hydroxyl groups excluding tert-OH is 1. The van der Waals surface area contributed by atoms with Crippen LogP contribution in [-0.4, -0.2) is 31.3 Å². The van der Waals surface area contributed by atoms with Crippen LogP contribution in [0.3, 0.4) is 0 Å². The Labute approximate surface area is 171 Å². The molecule has 0 aliphatic heterocycles. The number of ketones is 1. The van der Waals surface area contributed by atoms with Crippen LogP contribution >= 0.6 is 0 Å². The predicted molar refractivity (Wildman–Crippen MR) is 114 cm³/mol. The van der Waals surface area contributed by atoms with Gasteiger partial charge in [-0.1, -0.05) is 30.3 Å². The largest absolute Gasteiger partial charge is 0.516 e. The normalized spacial score (nSPS) is 16.6. The smallest absolute Gasteiger partial charge is 0.167 e. The number of nitrogens with zero attached hydrogens (tertiary/aromatic N) is 1. The van der Waals surface area contributed by atoms with Gasteiger partial charge in [-0.25, -0.2) is 0 Å². The summed E-state index contributed by atoms with van der Waals surface area (Å²) in [4.78, 5) is 17.3. The number of hydrogen-bond acceptors (Lipinski definition) is 5. The fourth-order valence-corrected chi connectivity index (χ4v) is 3.52. The predicted octanol–water partition coefficient (Wildman–Crippen LogP) is 4.72. The summed E-state index contributed by atoms with van der Waals surface area (Å²) < 4.78 is 10.7. The van der Waals surface area contributed by atoms with Crippen molar-refractivity contribution < 1.29 is 19.4 Å². The van der Waals surface area contributed by atoms with Gasteiger partial charge in [0.25, 0.3) is 0 Å². The molecule has 0 bridgehead atoms. The first-order valence-electron chi connectivity index (χ1n) is 9.49. The maximum atomic E-state index is 12.9. The van der Waals surface area contributed by atoms with Crippen LogP contribution in [0.2, 0.25) is 0 Å². The number of aliphatic imine (C=N–C) groups is 1. The van der Waals surface area contributed by atoms with E-state index in [0.29, 0.717) is 36.4 Å². The van der Waals surface area contributed by atoms with Gasteiger partial charge in [0.1, 0.15) is 0 Å². The Kier molecular flexibility index (Phi) is 6.85. The maximum Gasteiger partial charge on any atom is 0.167 e. The molecule has 3 rings (SSSR count). The topological polar surface area (TPSA) is 68.1 Å². The van der Waals surface area contributed by atoms with Gasteiger partial charge in [-0.2, -0.15) is 0 Å². The summed E-state index contributed by atoms with van der Waals surface area (Å²) in [7, 11) is 3.14. The van der Waals surface area contributed by atoms with E-state index in [4.69, 9.17) is 9.47 Å². The number of Topliss-reactive ketones (excluding diaryl/α,β-unsaturated/α-hetero) is 1. The summed E-state index contributed by atoms with van der Waals surface area (Å²) in [5, 5.41) is 9.24. The van der Waals surface area contributed by atoms with E-state index in [9.17, 15) is 9.90 Å². The highest BCUT2D eigenvalue weighted by atomic mass is 16.5. The highest BCUT2D eigenvalue weighted by Gasteiger charge is 2.32. The first-order valence-corrected chi connectivity index (χ1v) is 9.49. The lowest BCUT2D eigenvalue weighted by atomic mass is 9.95. The molecule has 0 amide bonds. The van der Waals surface area contributed by atoms with E-state index in [1.54, 1.807) is 32.6 Å². The maximum absolute atomic E-state index is 12.9. The van der Waals surface area contributed by atoms with E-state index in [2.05, 4.69) is 4.99 Å². The molecule has 1 aliphatic rings. The van der Waals surface area contributed by atoms with E-state index >= 15 is 0 Å². The van der Waals surface area contributed by atoms with Gasteiger partial charge in [-0.05, 0) is 53.8 Å². The average molecular weight is 391 g/mol. The lowest BCUT2D eigenvalue weighted by Gasteiger charge is -2.09. The van der Waals surface area contributed by atoms with Crippen molar-refractivity contribution in [1.29, 1.82) is 0 Å². The van der Waals surface area contributed by atoms with Gasteiger partial charge in [0.05, 0.1) is 27.0 Å². The zero-order valence-corrected chi connectivity index (χ0v) is 16.7. The number of ether oxygens (including phenoxy) is 2. The SMILES string of the molecule is COc1cc2c(cc1OC)C(=O)C(CC(/C=C\O)=C/C=N/Cc1ccccc1)C2. The molecule has 1 N–H and O–H groups in total. The molecule has 0 radical (unpaired) electrons. The van der Waals surface area contributed by atoms with Crippen molar-refractivity contribution >= 4 is 12.0 Å². The molecule has 5 nitrogen and oxygen atoms in total.